The molecule has 1 aliphatic heterocycles. The molecule has 1 aliphatic carbocycles. The van der Waals surface area contributed by atoms with Gasteiger partial charge in [0, 0.05) is 38.1 Å². The minimum absolute atomic E-state index is 0.0739. The normalized spacial score (nSPS) is 27.3. The summed E-state index contributed by atoms with van der Waals surface area (Å²) in [4.78, 5) is 15.5. The fraction of sp³-hybridized carbons (Fsp3) is 0.909. The number of piperazine rings is 1. The van der Waals surface area contributed by atoms with E-state index in [9.17, 15) is 4.79 Å². The van der Waals surface area contributed by atoms with Gasteiger partial charge in [0.15, 0.2) is 0 Å². The van der Waals surface area contributed by atoms with Gasteiger partial charge in [0.2, 0.25) is 0 Å². The van der Waals surface area contributed by atoms with Crippen molar-refractivity contribution < 1.29 is 4.79 Å². The quantitative estimate of drug-likeness (QED) is 0.531. The maximum atomic E-state index is 10.8. The third-order valence-corrected chi connectivity index (χ3v) is 4.04. The Labute approximate surface area is 96.4 Å². The van der Waals surface area contributed by atoms with E-state index in [4.69, 9.17) is 11.6 Å². The molecule has 0 spiro atoms. The van der Waals surface area contributed by atoms with Crippen LogP contribution in [0.15, 0.2) is 0 Å². The number of nitrogens with zero attached hydrogens (tertiary/aromatic N) is 2. The highest BCUT2D eigenvalue weighted by Gasteiger charge is 2.29. The molecule has 1 heterocycles. The lowest BCUT2D eigenvalue weighted by molar-refractivity contribution is -0.112. The summed E-state index contributed by atoms with van der Waals surface area (Å²) in [5.41, 5.74) is 0. The Morgan fingerprint density at radius 1 is 1.27 bits per heavy atom. The molecule has 2 rings (SSSR count). The molecular weight excluding hydrogens is 212 g/mol. The van der Waals surface area contributed by atoms with E-state index < -0.39 is 0 Å². The molecule has 3 nitrogen and oxygen atoms in total. The monoisotopic (exact) mass is 230 g/mol. The maximum Gasteiger partial charge on any atom is 0.138 e. The van der Waals surface area contributed by atoms with Crippen molar-refractivity contribution in [2.24, 2.45) is 0 Å². The molecule has 2 aliphatic rings. The molecule has 0 N–H and O–H groups in total. The zero-order chi connectivity index (χ0) is 10.7. The van der Waals surface area contributed by atoms with Crippen molar-refractivity contribution in [1.29, 1.82) is 0 Å². The lowest BCUT2D eigenvalue weighted by Crippen LogP contribution is -2.55. The molecule has 0 radical (unpaired) electrons. The molecule has 1 unspecified atom stereocenters. The van der Waals surface area contributed by atoms with Gasteiger partial charge in [-0.05, 0) is 12.8 Å². The Morgan fingerprint density at radius 3 is 2.33 bits per heavy atom. The Kier molecular flexibility index (Phi) is 4.00. The van der Waals surface area contributed by atoms with Gasteiger partial charge in [-0.25, -0.2) is 0 Å². The summed E-state index contributed by atoms with van der Waals surface area (Å²) in [7, 11) is 0. The highest BCUT2D eigenvalue weighted by atomic mass is 35.5. The van der Waals surface area contributed by atoms with Crippen molar-refractivity contribution in [3.8, 4) is 0 Å². The summed E-state index contributed by atoms with van der Waals surface area (Å²) in [5.74, 6) is 0.424. The fourth-order valence-corrected chi connectivity index (χ4v) is 2.67. The number of carbonyl (C=O) groups is 1. The predicted octanol–water partition coefficient (Wildman–Crippen LogP) is 0.963. The van der Waals surface area contributed by atoms with Gasteiger partial charge < -0.3 is 4.79 Å². The van der Waals surface area contributed by atoms with Gasteiger partial charge in [-0.3, -0.25) is 9.80 Å². The van der Waals surface area contributed by atoms with Gasteiger partial charge in [0.1, 0.15) is 6.29 Å². The van der Waals surface area contributed by atoms with Crippen molar-refractivity contribution in [1.82, 2.24) is 9.80 Å². The number of hydrogen-bond acceptors (Lipinski definition) is 3. The van der Waals surface area contributed by atoms with E-state index in [2.05, 4.69) is 9.80 Å². The lowest BCUT2D eigenvalue weighted by atomic mass is 9.91. The summed E-state index contributed by atoms with van der Waals surface area (Å²) in [6, 6.07) is 0.757. The van der Waals surface area contributed by atoms with Crippen LogP contribution in [0.25, 0.3) is 0 Å². The van der Waals surface area contributed by atoms with Gasteiger partial charge in [0.05, 0.1) is 6.04 Å². The van der Waals surface area contributed by atoms with Gasteiger partial charge in [-0.15, -0.1) is 11.6 Å². The summed E-state index contributed by atoms with van der Waals surface area (Å²) in [6.07, 6.45) is 5.11. The van der Waals surface area contributed by atoms with Gasteiger partial charge in [-0.1, -0.05) is 6.42 Å². The van der Waals surface area contributed by atoms with E-state index in [1.807, 2.05) is 0 Å². The third kappa shape index (κ3) is 2.52. The summed E-state index contributed by atoms with van der Waals surface area (Å²) in [5, 5.41) is 0. The van der Waals surface area contributed by atoms with E-state index in [0.29, 0.717) is 5.88 Å². The predicted molar refractivity (Wildman–Crippen MR) is 61.4 cm³/mol. The number of alkyl halides is 1. The molecule has 2 fully saturated rings. The minimum Gasteiger partial charge on any atom is -0.302 e. The SMILES string of the molecule is O=CC(CCl)N1CCN(C2CCC2)CC1. The molecule has 0 bridgehead atoms. The number of aldehydes is 1. The van der Waals surface area contributed by atoms with Crippen LogP contribution in [0, 0.1) is 0 Å². The average molecular weight is 231 g/mol. The van der Waals surface area contributed by atoms with Crippen molar-refractivity contribution in [2.75, 3.05) is 32.1 Å². The first-order valence-electron chi connectivity index (χ1n) is 5.84. The molecule has 0 aromatic heterocycles. The molecule has 0 amide bonds. The molecule has 86 valence electrons. The highest BCUT2D eigenvalue weighted by molar-refractivity contribution is 6.19. The van der Waals surface area contributed by atoms with Crippen molar-refractivity contribution >= 4 is 17.9 Å². The molecular formula is C11H19ClN2O. The van der Waals surface area contributed by atoms with E-state index in [0.717, 1.165) is 38.5 Å². The molecule has 15 heavy (non-hydrogen) atoms. The van der Waals surface area contributed by atoms with E-state index in [1.165, 1.54) is 19.3 Å². The Balaban J connectivity index is 1.77. The van der Waals surface area contributed by atoms with Crippen LogP contribution in [-0.4, -0.2) is 60.2 Å². The van der Waals surface area contributed by atoms with E-state index in [-0.39, 0.29) is 6.04 Å². The van der Waals surface area contributed by atoms with Gasteiger partial charge in [-0.2, -0.15) is 0 Å². The van der Waals surface area contributed by atoms with Gasteiger partial charge >= 0.3 is 0 Å². The first-order valence-corrected chi connectivity index (χ1v) is 6.38. The maximum absolute atomic E-state index is 10.8. The average Bonchev–Trinajstić information content (AvgIpc) is 2.20. The van der Waals surface area contributed by atoms with Crippen LogP contribution in [0.2, 0.25) is 0 Å². The summed E-state index contributed by atoms with van der Waals surface area (Å²) in [6.45, 7) is 4.19. The van der Waals surface area contributed by atoms with Crippen LogP contribution in [0.4, 0.5) is 0 Å². The second kappa shape index (κ2) is 5.28. The van der Waals surface area contributed by atoms with E-state index >= 15 is 0 Å². The van der Waals surface area contributed by atoms with Crippen LogP contribution in [0.5, 0.6) is 0 Å². The smallest absolute Gasteiger partial charge is 0.138 e. The number of carbonyl (C=O) groups excluding carboxylic acids is 1. The first-order chi connectivity index (χ1) is 7.35. The van der Waals surface area contributed by atoms with Crippen molar-refractivity contribution in [2.45, 2.75) is 31.3 Å². The zero-order valence-electron chi connectivity index (χ0n) is 9.07. The Hall–Kier alpha value is -0.120. The number of hydrogen-bond donors (Lipinski definition) is 0. The second-order valence-electron chi connectivity index (χ2n) is 4.51. The Morgan fingerprint density at radius 2 is 1.93 bits per heavy atom. The molecule has 0 aromatic carbocycles. The molecule has 1 saturated heterocycles. The zero-order valence-corrected chi connectivity index (χ0v) is 9.83. The summed E-state index contributed by atoms with van der Waals surface area (Å²) >= 11 is 5.75. The molecule has 1 saturated carbocycles. The van der Waals surface area contributed by atoms with Crippen molar-refractivity contribution in [3.05, 3.63) is 0 Å². The molecule has 4 heteroatoms. The Bertz CT molecular complexity index is 213. The summed E-state index contributed by atoms with van der Waals surface area (Å²) < 4.78 is 0. The third-order valence-electron chi connectivity index (χ3n) is 3.72. The van der Waals surface area contributed by atoms with E-state index in [1.54, 1.807) is 0 Å². The highest BCUT2D eigenvalue weighted by Crippen LogP contribution is 2.25. The van der Waals surface area contributed by atoms with Crippen LogP contribution < -0.4 is 0 Å². The van der Waals surface area contributed by atoms with Crippen molar-refractivity contribution in [3.63, 3.8) is 0 Å². The fourth-order valence-electron chi connectivity index (χ4n) is 2.41. The molecule has 0 aromatic rings. The number of rotatable bonds is 4. The lowest BCUT2D eigenvalue weighted by Gasteiger charge is -2.43. The van der Waals surface area contributed by atoms with Crippen LogP contribution in [0.3, 0.4) is 0 Å². The van der Waals surface area contributed by atoms with Crippen LogP contribution >= 0.6 is 11.6 Å². The second-order valence-corrected chi connectivity index (χ2v) is 4.82. The number of halogens is 1. The first kappa shape index (κ1) is 11.4. The standard InChI is InChI=1S/C11H19ClN2O/c12-8-11(9-15)14-6-4-13(5-7-14)10-2-1-3-10/h9-11H,1-8H2. The molecule has 1 atom stereocenters. The van der Waals surface area contributed by atoms with Crippen LogP contribution in [0.1, 0.15) is 19.3 Å². The van der Waals surface area contributed by atoms with Gasteiger partial charge in [0.25, 0.3) is 0 Å². The van der Waals surface area contributed by atoms with Crippen LogP contribution in [-0.2, 0) is 4.79 Å². The largest absolute Gasteiger partial charge is 0.302 e. The minimum atomic E-state index is -0.0739. The topological polar surface area (TPSA) is 23.6 Å².